The first-order valence-corrected chi connectivity index (χ1v) is 6.87. The molecular weight excluding hydrogens is 220 g/mol. The normalized spacial score (nSPS) is 14.7. The molecule has 0 bridgehead atoms. The summed E-state index contributed by atoms with van der Waals surface area (Å²) in [5.74, 6) is 0. The number of piperidine rings is 1. The summed E-state index contributed by atoms with van der Waals surface area (Å²) >= 11 is 0. The van der Waals surface area contributed by atoms with Crippen LogP contribution < -0.4 is 10.2 Å². The molecule has 18 heavy (non-hydrogen) atoms. The van der Waals surface area contributed by atoms with Crippen molar-refractivity contribution in [2.24, 2.45) is 0 Å². The summed E-state index contributed by atoms with van der Waals surface area (Å²) in [6, 6.07) is 8.94. The van der Waals surface area contributed by atoms with Gasteiger partial charge in [-0.15, -0.1) is 6.58 Å². The second kappa shape index (κ2) is 8.76. The van der Waals surface area contributed by atoms with Crippen LogP contribution in [0.5, 0.6) is 0 Å². The molecule has 102 valence electrons. The fourth-order valence-corrected chi connectivity index (χ4v) is 2.18. The van der Waals surface area contributed by atoms with Crippen LogP contribution in [0.3, 0.4) is 0 Å². The number of rotatable bonds is 3. The minimum Gasteiger partial charge on any atom is -0.372 e. The van der Waals surface area contributed by atoms with Gasteiger partial charge in [0.05, 0.1) is 0 Å². The molecule has 0 saturated carbocycles. The van der Waals surface area contributed by atoms with Crippen molar-refractivity contribution in [3.63, 3.8) is 0 Å². The van der Waals surface area contributed by atoms with Crippen LogP contribution in [0.15, 0.2) is 36.9 Å². The molecule has 2 rings (SSSR count). The van der Waals surface area contributed by atoms with Crippen LogP contribution in [0.4, 0.5) is 5.69 Å². The maximum Gasteiger partial charge on any atom is 0.0366 e. The van der Waals surface area contributed by atoms with Gasteiger partial charge in [0.2, 0.25) is 0 Å². The highest BCUT2D eigenvalue weighted by molar-refractivity contribution is 5.47. The summed E-state index contributed by atoms with van der Waals surface area (Å²) in [6.45, 7) is 8.66. The molecule has 1 fully saturated rings. The molecule has 0 spiro atoms. The fourth-order valence-electron chi connectivity index (χ4n) is 2.18. The Balaban J connectivity index is 0.000000742. The number of allylic oxidation sites excluding steroid dienone is 1. The molecular formula is C16H28N2. The lowest BCUT2D eigenvalue weighted by atomic mass is 10.1. The van der Waals surface area contributed by atoms with E-state index in [0.717, 1.165) is 6.54 Å². The van der Waals surface area contributed by atoms with E-state index in [1.54, 1.807) is 6.08 Å². The molecule has 0 radical (unpaired) electrons. The summed E-state index contributed by atoms with van der Waals surface area (Å²) in [5, 5.41) is 3.17. The zero-order valence-corrected chi connectivity index (χ0v) is 11.8. The van der Waals surface area contributed by atoms with Crippen molar-refractivity contribution in [2.75, 3.05) is 25.0 Å². The van der Waals surface area contributed by atoms with Crippen molar-refractivity contribution in [1.29, 1.82) is 0 Å². The number of benzene rings is 1. The van der Waals surface area contributed by atoms with Gasteiger partial charge in [0.1, 0.15) is 0 Å². The highest BCUT2D eigenvalue weighted by Crippen LogP contribution is 2.19. The van der Waals surface area contributed by atoms with E-state index in [1.165, 1.54) is 43.6 Å². The van der Waals surface area contributed by atoms with Gasteiger partial charge in [-0.2, -0.15) is 0 Å². The second-order valence-corrected chi connectivity index (χ2v) is 4.65. The quantitative estimate of drug-likeness (QED) is 0.818. The topological polar surface area (TPSA) is 15.3 Å². The van der Waals surface area contributed by atoms with Crippen molar-refractivity contribution in [3.8, 4) is 0 Å². The van der Waals surface area contributed by atoms with E-state index < -0.39 is 0 Å². The summed E-state index contributed by atoms with van der Waals surface area (Å²) in [7, 11) is 1.98. The third kappa shape index (κ3) is 4.92. The highest BCUT2D eigenvalue weighted by Gasteiger charge is 2.09. The van der Waals surface area contributed by atoms with E-state index >= 15 is 0 Å². The van der Waals surface area contributed by atoms with E-state index in [4.69, 9.17) is 0 Å². The molecule has 1 aromatic rings. The predicted octanol–water partition coefficient (Wildman–Crippen LogP) is 3.83. The molecule has 1 aliphatic heterocycles. The van der Waals surface area contributed by atoms with E-state index in [-0.39, 0.29) is 1.43 Å². The average molecular weight is 248 g/mol. The monoisotopic (exact) mass is 248 g/mol. The van der Waals surface area contributed by atoms with Gasteiger partial charge in [0.15, 0.2) is 0 Å². The van der Waals surface area contributed by atoms with Crippen molar-refractivity contribution in [1.82, 2.24) is 5.32 Å². The van der Waals surface area contributed by atoms with E-state index in [2.05, 4.69) is 41.1 Å². The van der Waals surface area contributed by atoms with Crippen LogP contribution >= 0.6 is 0 Å². The third-order valence-electron chi connectivity index (χ3n) is 3.04. The number of nitrogens with one attached hydrogen (secondary N) is 1. The van der Waals surface area contributed by atoms with Gasteiger partial charge in [0, 0.05) is 26.7 Å². The molecule has 1 heterocycles. The first-order chi connectivity index (χ1) is 8.81. The van der Waals surface area contributed by atoms with Crippen molar-refractivity contribution in [2.45, 2.75) is 32.7 Å². The molecule has 1 saturated heterocycles. The molecule has 0 unspecified atom stereocenters. The Bertz CT molecular complexity index is 329. The fraction of sp³-hybridized carbons (Fsp3) is 0.500. The van der Waals surface area contributed by atoms with Gasteiger partial charge in [-0.25, -0.2) is 0 Å². The number of nitrogens with zero attached hydrogens (tertiary/aromatic N) is 1. The van der Waals surface area contributed by atoms with Crippen LogP contribution in [-0.2, 0) is 6.54 Å². The van der Waals surface area contributed by atoms with Crippen LogP contribution in [-0.4, -0.2) is 20.1 Å². The zero-order chi connectivity index (χ0) is 13.2. The Hall–Kier alpha value is -1.28. The van der Waals surface area contributed by atoms with Gasteiger partial charge in [-0.3, -0.25) is 0 Å². The van der Waals surface area contributed by atoms with Crippen molar-refractivity contribution >= 4 is 5.69 Å². The Labute approximate surface area is 113 Å². The number of hydrogen-bond acceptors (Lipinski definition) is 2. The van der Waals surface area contributed by atoms with Gasteiger partial charge < -0.3 is 10.2 Å². The lowest BCUT2D eigenvalue weighted by molar-refractivity contribution is 0.578. The molecule has 2 heteroatoms. The molecule has 0 atom stereocenters. The minimum atomic E-state index is 0. The minimum absolute atomic E-state index is 0. The van der Waals surface area contributed by atoms with Gasteiger partial charge in [-0.05, 0) is 50.9 Å². The van der Waals surface area contributed by atoms with Crippen LogP contribution in [0.25, 0.3) is 0 Å². The van der Waals surface area contributed by atoms with Crippen molar-refractivity contribution < 1.29 is 1.43 Å². The van der Waals surface area contributed by atoms with Crippen LogP contribution in [0, 0.1) is 0 Å². The SMILES string of the molecule is C=CC.CNCc1ccc(N2CCCCC2)cc1.[HH]. The zero-order valence-electron chi connectivity index (χ0n) is 11.8. The largest absolute Gasteiger partial charge is 0.372 e. The average Bonchev–Trinajstić information content (AvgIpc) is 2.42. The summed E-state index contributed by atoms with van der Waals surface area (Å²) in [5.41, 5.74) is 2.74. The standard InChI is InChI=1S/C13H20N2.C3H6.H2/c1-14-11-12-5-7-13(8-6-12)15-9-3-2-4-10-15;1-3-2;/h5-8,14H,2-4,9-11H2,1H3;3H,1H2,2H3;1H. The van der Waals surface area contributed by atoms with E-state index in [1.807, 2.05) is 14.0 Å². The molecule has 1 aliphatic rings. The second-order valence-electron chi connectivity index (χ2n) is 4.65. The maximum atomic E-state index is 3.36. The molecule has 1 N–H and O–H groups in total. The van der Waals surface area contributed by atoms with Gasteiger partial charge >= 0.3 is 0 Å². The Morgan fingerprint density at radius 1 is 1.22 bits per heavy atom. The van der Waals surface area contributed by atoms with E-state index in [9.17, 15) is 0 Å². The summed E-state index contributed by atoms with van der Waals surface area (Å²) in [6.07, 6.45) is 5.84. The van der Waals surface area contributed by atoms with Gasteiger partial charge in [0.25, 0.3) is 0 Å². The summed E-state index contributed by atoms with van der Waals surface area (Å²) < 4.78 is 0. The molecule has 1 aromatic carbocycles. The molecule has 0 aromatic heterocycles. The van der Waals surface area contributed by atoms with Crippen LogP contribution in [0.2, 0.25) is 0 Å². The lowest BCUT2D eigenvalue weighted by Gasteiger charge is -2.28. The Kier molecular flexibility index (Phi) is 7.19. The van der Waals surface area contributed by atoms with Crippen molar-refractivity contribution in [3.05, 3.63) is 42.5 Å². The maximum absolute atomic E-state index is 3.36. The molecule has 2 nitrogen and oxygen atoms in total. The first-order valence-electron chi connectivity index (χ1n) is 6.87. The molecule has 0 aliphatic carbocycles. The number of hydrogen-bond donors (Lipinski definition) is 1. The Morgan fingerprint density at radius 2 is 1.78 bits per heavy atom. The smallest absolute Gasteiger partial charge is 0.0366 e. The Morgan fingerprint density at radius 3 is 2.28 bits per heavy atom. The van der Waals surface area contributed by atoms with E-state index in [0.29, 0.717) is 0 Å². The van der Waals surface area contributed by atoms with Crippen LogP contribution in [0.1, 0.15) is 33.2 Å². The highest BCUT2D eigenvalue weighted by atomic mass is 15.1. The first kappa shape index (κ1) is 14.8. The van der Waals surface area contributed by atoms with Gasteiger partial charge in [-0.1, -0.05) is 18.2 Å². The summed E-state index contributed by atoms with van der Waals surface area (Å²) in [4.78, 5) is 2.49. The molecule has 0 amide bonds. The predicted molar refractivity (Wildman–Crippen MR) is 83.3 cm³/mol. The third-order valence-corrected chi connectivity index (χ3v) is 3.04. The number of anilines is 1. The lowest BCUT2D eigenvalue weighted by Crippen LogP contribution is -2.29.